The molecule has 1 heterocycles. The molecule has 30 heavy (non-hydrogen) atoms. The first-order chi connectivity index (χ1) is 14.7. The molecule has 2 aromatic carbocycles. The van der Waals surface area contributed by atoms with E-state index in [0.717, 1.165) is 11.1 Å². The number of hydrogen-bond donors (Lipinski definition) is 2. The predicted molar refractivity (Wildman–Crippen MR) is 119 cm³/mol. The molecule has 2 N–H and O–H groups in total. The third kappa shape index (κ3) is 4.95. The number of rotatable bonds is 6. The van der Waals surface area contributed by atoms with Crippen LogP contribution in [0.5, 0.6) is 5.75 Å². The minimum Gasteiger partial charge on any atom is -0.497 e. The maximum atomic E-state index is 12.5. The van der Waals surface area contributed by atoms with Gasteiger partial charge in [-0.05, 0) is 42.7 Å². The lowest BCUT2D eigenvalue weighted by Gasteiger charge is -2.22. The van der Waals surface area contributed by atoms with E-state index >= 15 is 0 Å². The molecule has 1 saturated carbocycles. The summed E-state index contributed by atoms with van der Waals surface area (Å²) in [6, 6.07) is 15.2. The molecule has 0 radical (unpaired) electrons. The Morgan fingerprint density at radius 1 is 0.967 bits per heavy atom. The van der Waals surface area contributed by atoms with Crippen LogP contribution in [0.3, 0.4) is 0 Å². The summed E-state index contributed by atoms with van der Waals surface area (Å²) in [5, 5.41) is 6.32. The van der Waals surface area contributed by atoms with Crippen molar-refractivity contribution in [2.45, 2.75) is 38.1 Å². The van der Waals surface area contributed by atoms with Gasteiger partial charge in [-0.3, -0.25) is 4.79 Å². The SMILES string of the molecule is COc1cccc(NC(=O)c2ccc(-c3cnc(NC4CCCCC4)nc3)cc2)c1. The average Bonchev–Trinajstić information content (AvgIpc) is 2.80. The van der Waals surface area contributed by atoms with Crippen molar-refractivity contribution < 1.29 is 9.53 Å². The Morgan fingerprint density at radius 2 is 1.70 bits per heavy atom. The van der Waals surface area contributed by atoms with Gasteiger partial charge in [0.05, 0.1) is 7.11 Å². The molecule has 1 amide bonds. The number of anilines is 2. The Balaban J connectivity index is 1.39. The van der Waals surface area contributed by atoms with Gasteiger partial charge in [0.25, 0.3) is 5.91 Å². The third-order valence-corrected chi connectivity index (χ3v) is 5.40. The van der Waals surface area contributed by atoms with Crippen LogP contribution in [-0.4, -0.2) is 29.0 Å². The number of hydrogen-bond acceptors (Lipinski definition) is 5. The van der Waals surface area contributed by atoms with E-state index in [0.29, 0.717) is 29.0 Å². The number of carbonyl (C=O) groups excluding carboxylic acids is 1. The van der Waals surface area contributed by atoms with E-state index < -0.39 is 0 Å². The van der Waals surface area contributed by atoms with Crippen molar-refractivity contribution in [3.8, 4) is 16.9 Å². The third-order valence-electron chi connectivity index (χ3n) is 5.40. The molecular weight excluding hydrogens is 376 g/mol. The monoisotopic (exact) mass is 402 g/mol. The van der Waals surface area contributed by atoms with Crippen LogP contribution in [-0.2, 0) is 0 Å². The van der Waals surface area contributed by atoms with Crippen molar-refractivity contribution >= 4 is 17.5 Å². The molecule has 1 aliphatic carbocycles. The van der Waals surface area contributed by atoms with Gasteiger partial charge < -0.3 is 15.4 Å². The lowest BCUT2D eigenvalue weighted by Crippen LogP contribution is -2.23. The Labute approximate surface area is 176 Å². The molecule has 0 atom stereocenters. The summed E-state index contributed by atoms with van der Waals surface area (Å²) >= 11 is 0. The second-order valence-corrected chi connectivity index (χ2v) is 7.54. The van der Waals surface area contributed by atoms with Gasteiger partial charge in [0.1, 0.15) is 5.75 Å². The van der Waals surface area contributed by atoms with Crippen LogP contribution in [0.4, 0.5) is 11.6 Å². The molecule has 0 unspecified atom stereocenters. The van der Waals surface area contributed by atoms with Crippen molar-refractivity contribution in [1.29, 1.82) is 0 Å². The fourth-order valence-electron chi connectivity index (χ4n) is 3.70. The van der Waals surface area contributed by atoms with E-state index in [1.807, 2.05) is 42.7 Å². The first-order valence-electron chi connectivity index (χ1n) is 10.4. The number of amides is 1. The molecule has 0 aliphatic heterocycles. The van der Waals surface area contributed by atoms with Crippen LogP contribution < -0.4 is 15.4 Å². The lowest BCUT2D eigenvalue weighted by atomic mass is 9.96. The second-order valence-electron chi connectivity index (χ2n) is 7.54. The van der Waals surface area contributed by atoms with Gasteiger partial charge in [0.2, 0.25) is 5.95 Å². The second kappa shape index (κ2) is 9.39. The van der Waals surface area contributed by atoms with Crippen molar-refractivity contribution in [2.75, 3.05) is 17.7 Å². The number of methoxy groups -OCH3 is 1. The van der Waals surface area contributed by atoms with E-state index in [9.17, 15) is 4.79 Å². The number of nitrogens with one attached hydrogen (secondary N) is 2. The highest BCUT2D eigenvalue weighted by molar-refractivity contribution is 6.04. The zero-order valence-corrected chi connectivity index (χ0v) is 17.1. The van der Waals surface area contributed by atoms with Gasteiger partial charge in [-0.2, -0.15) is 0 Å². The number of carbonyl (C=O) groups is 1. The predicted octanol–water partition coefficient (Wildman–Crippen LogP) is 5.15. The first-order valence-corrected chi connectivity index (χ1v) is 10.4. The topological polar surface area (TPSA) is 76.1 Å². The number of aromatic nitrogens is 2. The van der Waals surface area contributed by atoms with E-state index in [2.05, 4.69) is 20.6 Å². The van der Waals surface area contributed by atoms with Crippen LogP contribution in [0, 0.1) is 0 Å². The first kappa shape index (κ1) is 19.9. The van der Waals surface area contributed by atoms with Crippen LogP contribution in [0.15, 0.2) is 60.9 Å². The molecule has 6 heteroatoms. The maximum Gasteiger partial charge on any atom is 0.255 e. The van der Waals surface area contributed by atoms with Crippen molar-refractivity contribution in [1.82, 2.24) is 9.97 Å². The fraction of sp³-hybridized carbons (Fsp3) is 0.292. The van der Waals surface area contributed by atoms with E-state index in [1.54, 1.807) is 25.3 Å². The normalized spacial score (nSPS) is 14.2. The summed E-state index contributed by atoms with van der Waals surface area (Å²) in [7, 11) is 1.60. The highest BCUT2D eigenvalue weighted by Crippen LogP contribution is 2.23. The Kier molecular flexibility index (Phi) is 6.23. The zero-order chi connectivity index (χ0) is 20.8. The molecular formula is C24H26N4O2. The van der Waals surface area contributed by atoms with Crippen LogP contribution in [0.2, 0.25) is 0 Å². The maximum absolute atomic E-state index is 12.5. The molecule has 6 nitrogen and oxygen atoms in total. The highest BCUT2D eigenvalue weighted by atomic mass is 16.5. The Bertz CT molecular complexity index is 981. The molecule has 1 fully saturated rings. The molecule has 4 rings (SSSR count). The van der Waals surface area contributed by atoms with Gasteiger partial charge in [-0.15, -0.1) is 0 Å². The van der Waals surface area contributed by atoms with E-state index in [4.69, 9.17) is 4.74 Å². The quantitative estimate of drug-likeness (QED) is 0.596. The number of nitrogens with zero attached hydrogens (tertiary/aromatic N) is 2. The molecule has 3 aromatic rings. The number of benzene rings is 2. The van der Waals surface area contributed by atoms with E-state index in [-0.39, 0.29) is 5.91 Å². The molecule has 1 aliphatic rings. The summed E-state index contributed by atoms with van der Waals surface area (Å²) in [6.07, 6.45) is 9.88. The summed E-state index contributed by atoms with van der Waals surface area (Å²) in [6.45, 7) is 0. The molecule has 154 valence electrons. The van der Waals surface area contributed by atoms with Gasteiger partial charge in [0.15, 0.2) is 0 Å². The summed E-state index contributed by atoms with van der Waals surface area (Å²) in [5.74, 6) is 1.21. The molecule has 1 aromatic heterocycles. The standard InChI is InChI=1S/C24H26N4O2/c1-30-22-9-5-8-21(14-22)27-23(29)18-12-10-17(11-13-18)19-15-25-24(26-16-19)28-20-6-3-2-4-7-20/h5,8-16,20H,2-4,6-7H2,1H3,(H,27,29)(H,25,26,28). The van der Waals surface area contributed by atoms with Gasteiger partial charge in [-0.25, -0.2) is 9.97 Å². The van der Waals surface area contributed by atoms with E-state index in [1.165, 1.54) is 32.1 Å². The largest absolute Gasteiger partial charge is 0.497 e. The van der Waals surface area contributed by atoms with Crippen molar-refractivity contribution in [3.63, 3.8) is 0 Å². The minimum absolute atomic E-state index is 0.168. The Hall–Kier alpha value is -3.41. The molecule has 0 saturated heterocycles. The smallest absolute Gasteiger partial charge is 0.255 e. The minimum atomic E-state index is -0.168. The van der Waals surface area contributed by atoms with Gasteiger partial charge in [-0.1, -0.05) is 37.5 Å². The summed E-state index contributed by atoms with van der Waals surface area (Å²) in [5.41, 5.74) is 3.16. The molecule has 0 spiro atoms. The summed E-state index contributed by atoms with van der Waals surface area (Å²) < 4.78 is 5.19. The Morgan fingerprint density at radius 3 is 2.40 bits per heavy atom. The van der Waals surface area contributed by atoms with Crippen LogP contribution >= 0.6 is 0 Å². The zero-order valence-electron chi connectivity index (χ0n) is 17.1. The van der Waals surface area contributed by atoms with Gasteiger partial charge >= 0.3 is 0 Å². The lowest BCUT2D eigenvalue weighted by molar-refractivity contribution is 0.102. The fourth-order valence-corrected chi connectivity index (χ4v) is 3.70. The summed E-state index contributed by atoms with van der Waals surface area (Å²) in [4.78, 5) is 21.4. The number of ether oxygens (including phenoxy) is 1. The molecule has 0 bridgehead atoms. The van der Waals surface area contributed by atoms with Crippen molar-refractivity contribution in [3.05, 3.63) is 66.5 Å². The highest BCUT2D eigenvalue weighted by Gasteiger charge is 2.14. The van der Waals surface area contributed by atoms with Crippen molar-refractivity contribution in [2.24, 2.45) is 0 Å². The van der Waals surface area contributed by atoms with Crippen LogP contribution in [0.25, 0.3) is 11.1 Å². The van der Waals surface area contributed by atoms with Crippen LogP contribution in [0.1, 0.15) is 42.5 Å². The average molecular weight is 402 g/mol. The van der Waals surface area contributed by atoms with Gasteiger partial charge in [0, 0.05) is 41.3 Å².